The van der Waals surface area contributed by atoms with E-state index in [1.807, 2.05) is 0 Å². The van der Waals surface area contributed by atoms with Gasteiger partial charge in [-0.25, -0.2) is 4.79 Å². The average molecular weight is 880 g/mol. The van der Waals surface area contributed by atoms with Gasteiger partial charge in [-0.05, 0) is 179 Å². The minimum atomic E-state index is -0.752. The molecule has 0 heterocycles. The normalized spacial score (nSPS) is 36.2. The summed E-state index contributed by atoms with van der Waals surface area (Å²) in [5.41, 5.74) is 2.44. The molecule has 8 aliphatic rings. The molecule has 0 amide bonds. The van der Waals surface area contributed by atoms with Crippen LogP contribution in [0.3, 0.4) is 0 Å². The lowest BCUT2D eigenvalue weighted by Crippen LogP contribution is -2.51. The van der Waals surface area contributed by atoms with Gasteiger partial charge in [-0.3, -0.25) is 9.59 Å². The predicted octanol–water partition coefficient (Wildman–Crippen LogP) is 12.0. The van der Waals surface area contributed by atoms with Crippen LogP contribution in [0, 0.1) is 75.4 Å². The highest BCUT2D eigenvalue weighted by Crippen LogP contribution is 2.67. The second-order valence-electron chi connectivity index (χ2n) is 23.4. The van der Waals surface area contributed by atoms with Crippen LogP contribution >= 0.6 is 0 Å². The molecule has 7 saturated carbocycles. The number of fused-ring (bicyclic) bond motifs is 5. The predicted molar refractivity (Wildman–Crippen MR) is 248 cm³/mol. The monoisotopic (exact) mass is 880 g/mol. The molecular formula is C54H89NO8. The molecule has 0 aromatic heterocycles. The van der Waals surface area contributed by atoms with E-state index in [4.69, 9.17) is 23.7 Å². The third-order valence-corrected chi connectivity index (χ3v) is 18.7. The number of carbonyl (C=O) groups excluding carboxylic acids is 3. The van der Waals surface area contributed by atoms with Gasteiger partial charge in [-0.2, -0.15) is 0 Å². The Morgan fingerprint density at radius 3 is 2.13 bits per heavy atom. The van der Waals surface area contributed by atoms with Crippen LogP contribution in [0.25, 0.3) is 0 Å². The summed E-state index contributed by atoms with van der Waals surface area (Å²) >= 11 is 0. The Kier molecular flexibility index (Phi) is 16.8. The van der Waals surface area contributed by atoms with E-state index in [1.165, 1.54) is 70.6 Å². The molecule has 9 heteroatoms. The van der Waals surface area contributed by atoms with Crippen molar-refractivity contribution in [2.24, 2.45) is 75.4 Å². The van der Waals surface area contributed by atoms with Gasteiger partial charge in [0.15, 0.2) is 0 Å². The van der Waals surface area contributed by atoms with Crippen LogP contribution in [0.15, 0.2) is 11.6 Å². The summed E-state index contributed by atoms with van der Waals surface area (Å²) < 4.78 is 28.8. The van der Waals surface area contributed by atoms with Crippen LogP contribution < -0.4 is 0 Å². The van der Waals surface area contributed by atoms with Crippen LogP contribution in [0.4, 0.5) is 4.79 Å². The Morgan fingerprint density at radius 1 is 0.762 bits per heavy atom. The molecule has 8 aliphatic carbocycles. The van der Waals surface area contributed by atoms with Gasteiger partial charge < -0.3 is 28.6 Å². The summed E-state index contributed by atoms with van der Waals surface area (Å²) in [4.78, 5) is 41.2. The van der Waals surface area contributed by atoms with E-state index in [0.29, 0.717) is 18.4 Å². The third kappa shape index (κ3) is 11.9. The zero-order chi connectivity index (χ0) is 44.8. The number of esters is 2. The van der Waals surface area contributed by atoms with Gasteiger partial charge in [0.2, 0.25) is 0 Å². The fourth-order valence-electron chi connectivity index (χ4n) is 15.8. The van der Waals surface area contributed by atoms with Crippen molar-refractivity contribution < 1.29 is 38.1 Å². The standard InChI is InChI=1S/C54H89NO8/c1-8-55(9-2)23-11-24-60-51(58)63-36-42(35-62-50(57)33-54-30-39-26-40(31-54)28-41(27-39)32-54)34-61-49(56)20-25-59-44-18-21-52(6)43(29-44)14-15-45-47-17-16-46(38(5)13-10-12-37(3)4)53(47,7)22-19-48(45)52/h14,37-42,44-48H,8-13,15-36H2,1-7H3/t38-,39?,40?,41?,42?,44+,45+,46-,47+,48+,52+,53-,54?/m1/s1. The van der Waals surface area contributed by atoms with Gasteiger partial charge >= 0.3 is 18.1 Å². The van der Waals surface area contributed by atoms with Crippen LogP contribution in [-0.2, 0) is 33.3 Å². The fourth-order valence-corrected chi connectivity index (χ4v) is 15.8. The molecule has 0 aliphatic heterocycles. The maximum Gasteiger partial charge on any atom is 0.508 e. The van der Waals surface area contributed by atoms with E-state index in [0.717, 1.165) is 118 Å². The molecule has 358 valence electrons. The summed E-state index contributed by atoms with van der Waals surface area (Å²) in [5, 5.41) is 0. The summed E-state index contributed by atoms with van der Waals surface area (Å²) in [6, 6.07) is 0. The quantitative estimate of drug-likeness (QED) is 0.0430. The van der Waals surface area contributed by atoms with Crippen molar-refractivity contribution in [3.05, 3.63) is 11.6 Å². The van der Waals surface area contributed by atoms with Crippen molar-refractivity contribution >= 4 is 18.1 Å². The second kappa shape index (κ2) is 21.7. The van der Waals surface area contributed by atoms with E-state index in [9.17, 15) is 14.4 Å². The first-order valence-electron chi connectivity index (χ1n) is 26.4. The van der Waals surface area contributed by atoms with E-state index < -0.39 is 12.1 Å². The minimum Gasteiger partial charge on any atom is -0.465 e. The van der Waals surface area contributed by atoms with Crippen LogP contribution in [0.1, 0.15) is 177 Å². The topological polar surface area (TPSA) is 101 Å². The number of ether oxygens (including phenoxy) is 5. The average Bonchev–Trinajstić information content (AvgIpc) is 3.60. The van der Waals surface area contributed by atoms with Crippen LogP contribution in [0.2, 0.25) is 0 Å². The Bertz CT molecular complexity index is 1520. The highest BCUT2D eigenvalue weighted by atomic mass is 16.7. The van der Waals surface area contributed by atoms with Gasteiger partial charge in [-0.15, -0.1) is 0 Å². The molecule has 4 bridgehead atoms. The number of hydrogen-bond donors (Lipinski definition) is 0. The Balaban J connectivity index is 0.853. The van der Waals surface area contributed by atoms with Crippen LogP contribution in [0.5, 0.6) is 0 Å². The number of rotatable bonds is 23. The molecule has 0 saturated heterocycles. The summed E-state index contributed by atoms with van der Waals surface area (Å²) in [6.45, 7) is 20.1. The summed E-state index contributed by atoms with van der Waals surface area (Å²) in [7, 11) is 0. The van der Waals surface area contributed by atoms with Crippen molar-refractivity contribution in [3.63, 3.8) is 0 Å². The minimum absolute atomic E-state index is 0.00617. The van der Waals surface area contributed by atoms with Crippen molar-refractivity contribution in [1.82, 2.24) is 4.90 Å². The Hall–Kier alpha value is -2.13. The van der Waals surface area contributed by atoms with E-state index in [2.05, 4.69) is 59.4 Å². The molecule has 63 heavy (non-hydrogen) atoms. The molecule has 0 spiro atoms. The van der Waals surface area contributed by atoms with Gasteiger partial charge in [-0.1, -0.05) is 79.4 Å². The molecular weight excluding hydrogens is 791 g/mol. The fraction of sp³-hybridized carbons (Fsp3) is 0.907. The van der Waals surface area contributed by atoms with Crippen LogP contribution in [-0.4, -0.2) is 81.8 Å². The molecule has 9 atom stereocenters. The van der Waals surface area contributed by atoms with E-state index in [-0.39, 0.29) is 61.7 Å². The van der Waals surface area contributed by atoms with Crippen molar-refractivity contribution in [2.75, 3.05) is 52.7 Å². The number of hydrogen-bond acceptors (Lipinski definition) is 9. The molecule has 7 fully saturated rings. The van der Waals surface area contributed by atoms with Gasteiger partial charge in [0.05, 0.1) is 38.1 Å². The molecule has 0 aromatic carbocycles. The Labute approximate surface area is 382 Å². The lowest BCUT2D eigenvalue weighted by atomic mass is 9.47. The summed E-state index contributed by atoms with van der Waals surface area (Å²) in [6.07, 6.45) is 24.8. The number of nitrogens with zero attached hydrogens (tertiary/aromatic N) is 1. The van der Waals surface area contributed by atoms with E-state index >= 15 is 0 Å². The zero-order valence-corrected chi connectivity index (χ0v) is 40.9. The molecule has 0 aromatic rings. The first-order valence-corrected chi connectivity index (χ1v) is 26.4. The van der Waals surface area contributed by atoms with E-state index in [1.54, 1.807) is 5.57 Å². The highest BCUT2D eigenvalue weighted by Gasteiger charge is 2.59. The van der Waals surface area contributed by atoms with Crippen molar-refractivity contribution in [1.29, 1.82) is 0 Å². The second-order valence-corrected chi connectivity index (χ2v) is 23.4. The van der Waals surface area contributed by atoms with Crippen molar-refractivity contribution in [2.45, 2.75) is 183 Å². The molecule has 9 nitrogen and oxygen atoms in total. The maximum atomic E-state index is 13.3. The molecule has 0 radical (unpaired) electrons. The van der Waals surface area contributed by atoms with Gasteiger partial charge in [0.1, 0.15) is 19.8 Å². The van der Waals surface area contributed by atoms with Gasteiger partial charge in [0.25, 0.3) is 0 Å². The largest absolute Gasteiger partial charge is 0.508 e. The third-order valence-electron chi connectivity index (χ3n) is 18.7. The number of allylic oxidation sites excluding steroid dienone is 1. The van der Waals surface area contributed by atoms with Gasteiger partial charge in [0, 0.05) is 6.54 Å². The van der Waals surface area contributed by atoms with Crippen molar-refractivity contribution in [3.8, 4) is 0 Å². The zero-order valence-electron chi connectivity index (χ0n) is 40.9. The number of carbonyl (C=O) groups is 3. The first-order chi connectivity index (χ1) is 30.2. The summed E-state index contributed by atoms with van der Waals surface area (Å²) in [5.74, 6) is 6.20. The SMILES string of the molecule is CCN(CC)CCCOC(=O)OCC(COC(=O)CCO[C@H]1CC[C@@]2(C)C(=CC[C@H]3[C@@H]4CC[C@H]([C@H](C)CCCC(C)C)[C@@]4(C)CC[C@@H]32)C1)COC(=O)CC12CC3CC(CC(C3)C1)C2. The Morgan fingerprint density at radius 2 is 1.44 bits per heavy atom. The molecule has 8 rings (SSSR count). The maximum absolute atomic E-state index is 13.3. The highest BCUT2D eigenvalue weighted by molar-refractivity contribution is 5.70. The smallest absolute Gasteiger partial charge is 0.465 e. The molecule has 1 unspecified atom stereocenters. The lowest BCUT2D eigenvalue weighted by Gasteiger charge is -2.58. The first kappa shape index (κ1) is 48.8. The molecule has 0 N–H and O–H groups in total. The lowest BCUT2D eigenvalue weighted by molar-refractivity contribution is -0.156.